The molecule has 0 unspecified atom stereocenters. The van der Waals surface area contributed by atoms with E-state index in [0.717, 1.165) is 39.7 Å². The molecule has 0 N–H and O–H groups in total. The van der Waals surface area contributed by atoms with E-state index in [4.69, 9.17) is 9.15 Å². The van der Waals surface area contributed by atoms with Crippen LogP contribution < -0.4 is 15.1 Å². The lowest BCUT2D eigenvalue weighted by molar-refractivity contribution is 0.434. The van der Waals surface area contributed by atoms with E-state index in [0.29, 0.717) is 16.5 Å². The van der Waals surface area contributed by atoms with E-state index in [1.54, 1.807) is 6.92 Å². The van der Waals surface area contributed by atoms with Crippen LogP contribution in [-0.4, -0.2) is 0 Å². The fourth-order valence-electron chi connectivity index (χ4n) is 6.77. The largest absolute Gasteiger partial charge is 0.464 e. The highest BCUT2D eigenvalue weighted by Gasteiger charge is 2.51. The molecule has 0 atom stereocenters. The Morgan fingerprint density at radius 3 is 1.83 bits per heavy atom. The van der Waals surface area contributed by atoms with Gasteiger partial charge < -0.3 is 14.1 Å². The van der Waals surface area contributed by atoms with Gasteiger partial charge in [-0.3, -0.25) is 4.79 Å². The second-order valence-electron chi connectivity index (χ2n) is 11.1. The molecule has 2 aliphatic heterocycles. The zero-order valence-corrected chi connectivity index (χ0v) is 23.1. The molecule has 41 heavy (non-hydrogen) atoms. The van der Waals surface area contributed by atoms with Crippen molar-refractivity contribution in [2.45, 2.75) is 26.2 Å². The lowest BCUT2D eigenvalue weighted by Crippen LogP contribution is -2.39. The van der Waals surface area contributed by atoms with Gasteiger partial charge >= 0.3 is 0 Å². The normalized spacial score (nSPS) is 14.2. The van der Waals surface area contributed by atoms with Gasteiger partial charge in [0.05, 0.1) is 28.4 Å². The summed E-state index contributed by atoms with van der Waals surface area (Å²) in [4.78, 5) is 15.5. The van der Waals surface area contributed by atoms with Crippen LogP contribution >= 0.6 is 0 Å². The number of rotatable bonds is 1. The topological polar surface area (TPSA) is 42.7 Å². The quantitative estimate of drug-likeness (QED) is 0.211. The number of hydrogen-bond donors (Lipinski definition) is 0. The van der Waals surface area contributed by atoms with Crippen LogP contribution in [-0.2, 0) is 5.41 Å². The number of fused-ring (bicyclic) bond motifs is 9. The predicted molar refractivity (Wildman–Crippen MR) is 163 cm³/mol. The molecule has 198 valence electrons. The highest BCUT2D eigenvalue weighted by Crippen LogP contribution is 2.62. The van der Waals surface area contributed by atoms with Crippen LogP contribution in [0.1, 0.15) is 38.9 Å². The summed E-state index contributed by atoms with van der Waals surface area (Å²) in [6.07, 6.45) is 1.53. The van der Waals surface area contributed by atoms with E-state index in [-0.39, 0.29) is 5.43 Å². The number of aryl methyl sites for hydroxylation is 3. The van der Waals surface area contributed by atoms with Crippen molar-refractivity contribution in [1.82, 2.24) is 0 Å². The van der Waals surface area contributed by atoms with E-state index in [9.17, 15) is 4.79 Å². The van der Waals surface area contributed by atoms with Gasteiger partial charge in [-0.15, -0.1) is 0 Å². The Labute approximate surface area is 238 Å². The first kappa shape index (κ1) is 23.8. The van der Waals surface area contributed by atoms with Gasteiger partial charge in [0.15, 0.2) is 5.43 Å². The molecular formula is C37H27NO3. The van der Waals surface area contributed by atoms with E-state index >= 15 is 0 Å². The van der Waals surface area contributed by atoms with Crippen LogP contribution in [0.3, 0.4) is 0 Å². The molecule has 4 nitrogen and oxygen atoms in total. The van der Waals surface area contributed by atoms with Gasteiger partial charge in [-0.1, -0.05) is 71.8 Å². The van der Waals surface area contributed by atoms with Gasteiger partial charge in [0, 0.05) is 22.4 Å². The number of anilines is 3. The average molecular weight is 534 g/mol. The SMILES string of the molecule is Cc1ccc2c(c1)C1(c3ccccc3Oc3ccccc31)c1cc(C)ccc1N2c1ccc2occ(C)c(=O)c2c1. The number of benzene rings is 5. The summed E-state index contributed by atoms with van der Waals surface area (Å²) in [5, 5.41) is 0.576. The first-order valence-corrected chi connectivity index (χ1v) is 13.9. The first-order chi connectivity index (χ1) is 20.0. The van der Waals surface area contributed by atoms with Crippen molar-refractivity contribution in [2.24, 2.45) is 0 Å². The summed E-state index contributed by atoms with van der Waals surface area (Å²) in [6.45, 7) is 6.08. The molecule has 4 heteroatoms. The van der Waals surface area contributed by atoms with E-state index in [2.05, 4.69) is 91.5 Å². The molecule has 0 bridgehead atoms. The Morgan fingerprint density at radius 2 is 1.22 bits per heavy atom. The van der Waals surface area contributed by atoms with Crippen LogP contribution in [0.25, 0.3) is 11.0 Å². The number of hydrogen-bond acceptors (Lipinski definition) is 4. The molecule has 0 saturated carbocycles. The van der Waals surface area contributed by atoms with E-state index in [1.165, 1.54) is 28.5 Å². The molecule has 0 saturated heterocycles. The maximum atomic E-state index is 13.2. The van der Waals surface area contributed by atoms with Crippen molar-refractivity contribution in [2.75, 3.05) is 4.90 Å². The lowest BCUT2D eigenvalue weighted by Gasteiger charge is -2.48. The van der Waals surface area contributed by atoms with Gasteiger partial charge in [0.25, 0.3) is 0 Å². The Hall–Kier alpha value is -5.09. The molecule has 2 aliphatic rings. The second-order valence-corrected chi connectivity index (χ2v) is 11.1. The summed E-state index contributed by atoms with van der Waals surface area (Å²) in [6, 6.07) is 36.1. The Morgan fingerprint density at radius 1 is 0.634 bits per heavy atom. The minimum absolute atomic E-state index is 0.0119. The summed E-state index contributed by atoms with van der Waals surface area (Å²) in [5.41, 5.74) is 10.5. The number of ether oxygens (including phenoxy) is 1. The highest BCUT2D eigenvalue weighted by molar-refractivity contribution is 5.93. The predicted octanol–water partition coefficient (Wildman–Crippen LogP) is 8.99. The summed E-state index contributed by atoms with van der Waals surface area (Å²) < 4.78 is 12.3. The first-order valence-electron chi connectivity index (χ1n) is 13.9. The fraction of sp³-hybridized carbons (Fsp3) is 0.108. The van der Waals surface area contributed by atoms with Gasteiger partial charge in [-0.2, -0.15) is 0 Å². The Balaban J connectivity index is 1.53. The maximum absolute atomic E-state index is 13.2. The monoisotopic (exact) mass is 533 g/mol. The van der Waals surface area contributed by atoms with Crippen molar-refractivity contribution < 1.29 is 9.15 Å². The maximum Gasteiger partial charge on any atom is 0.195 e. The van der Waals surface area contributed by atoms with Crippen molar-refractivity contribution in [3.8, 4) is 11.5 Å². The molecule has 1 spiro atoms. The van der Waals surface area contributed by atoms with Gasteiger partial charge in [-0.05, 0) is 74.4 Å². The van der Waals surface area contributed by atoms with Crippen LogP contribution in [0.15, 0.2) is 119 Å². The van der Waals surface area contributed by atoms with E-state index in [1.807, 2.05) is 30.3 Å². The van der Waals surface area contributed by atoms with Crippen LogP contribution in [0.2, 0.25) is 0 Å². The molecule has 1 aromatic heterocycles. The van der Waals surface area contributed by atoms with E-state index < -0.39 is 5.41 Å². The molecule has 0 aliphatic carbocycles. The minimum atomic E-state index is -0.600. The summed E-state index contributed by atoms with van der Waals surface area (Å²) >= 11 is 0. The van der Waals surface area contributed by atoms with Crippen LogP contribution in [0.5, 0.6) is 11.5 Å². The van der Waals surface area contributed by atoms with Gasteiger partial charge in [-0.25, -0.2) is 0 Å². The number of para-hydroxylation sites is 2. The smallest absolute Gasteiger partial charge is 0.195 e. The molecule has 8 rings (SSSR count). The molecular weight excluding hydrogens is 506 g/mol. The Bertz CT molecular complexity index is 2000. The standard InChI is InChI=1S/C37H27NO3/c1-22-12-15-31-29(18-22)37(27-8-4-6-10-34(27)41-35-11-7-5-9-28(35)37)30-19-23(2)13-16-32(30)38(31)25-14-17-33-26(20-25)36(39)24(3)21-40-33/h4-21H,1-3H3. The third-order valence-electron chi connectivity index (χ3n) is 8.58. The zero-order chi connectivity index (χ0) is 27.9. The van der Waals surface area contributed by atoms with Crippen molar-refractivity contribution in [3.05, 3.63) is 159 Å². The van der Waals surface area contributed by atoms with Crippen molar-refractivity contribution in [3.63, 3.8) is 0 Å². The molecule has 6 aromatic rings. The van der Waals surface area contributed by atoms with Gasteiger partial charge in [0.1, 0.15) is 17.1 Å². The molecule has 0 fully saturated rings. The molecule has 3 heterocycles. The van der Waals surface area contributed by atoms with Crippen molar-refractivity contribution >= 4 is 28.0 Å². The third-order valence-corrected chi connectivity index (χ3v) is 8.58. The average Bonchev–Trinajstić information content (AvgIpc) is 2.99. The summed E-state index contributed by atoms with van der Waals surface area (Å²) in [5.74, 6) is 1.72. The van der Waals surface area contributed by atoms with Crippen molar-refractivity contribution in [1.29, 1.82) is 0 Å². The number of nitrogens with zero attached hydrogens (tertiary/aromatic N) is 1. The Kier molecular flexibility index (Phi) is 4.90. The zero-order valence-electron chi connectivity index (χ0n) is 23.1. The highest BCUT2D eigenvalue weighted by atomic mass is 16.5. The minimum Gasteiger partial charge on any atom is -0.464 e. The molecule has 0 amide bonds. The molecule has 5 aromatic carbocycles. The lowest BCUT2D eigenvalue weighted by atomic mass is 9.61. The van der Waals surface area contributed by atoms with Crippen LogP contribution in [0, 0.1) is 20.8 Å². The molecule has 0 radical (unpaired) electrons. The van der Waals surface area contributed by atoms with Gasteiger partial charge in [0.2, 0.25) is 0 Å². The summed E-state index contributed by atoms with van der Waals surface area (Å²) in [7, 11) is 0. The van der Waals surface area contributed by atoms with Crippen LogP contribution in [0.4, 0.5) is 17.1 Å². The fourth-order valence-corrected chi connectivity index (χ4v) is 6.77. The second kappa shape index (κ2) is 8.45. The third kappa shape index (κ3) is 3.19.